The number of hydrogen-bond donors (Lipinski definition) is 1. The summed E-state index contributed by atoms with van der Waals surface area (Å²) in [5, 5.41) is 18.9. The molecule has 2 fully saturated rings. The standard InChI is InChI=1S/C20H20N2O5S/c1-4-9-27-19(26)16-20(2,3)28-18-13(17(25)22(16)18)15(24)14(23)12-7-5-11(10-21)6-8-12/h4-8,13,15-16,18,24H,1,9H2,2-3H3/t13-,15+,16+,18-/m1/s1. The minimum Gasteiger partial charge on any atom is -0.460 e. The van der Waals surface area contributed by atoms with Gasteiger partial charge in [-0.05, 0) is 38.1 Å². The van der Waals surface area contributed by atoms with Crippen LogP contribution in [0.1, 0.15) is 29.8 Å². The van der Waals surface area contributed by atoms with Gasteiger partial charge in [-0.3, -0.25) is 9.59 Å². The lowest BCUT2D eigenvalue weighted by molar-refractivity contribution is -0.169. The van der Waals surface area contributed by atoms with Crippen molar-refractivity contribution in [3.63, 3.8) is 0 Å². The number of hydrogen-bond acceptors (Lipinski definition) is 7. The summed E-state index contributed by atoms with van der Waals surface area (Å²) < 4.78 is 4.51. The van der Waals surface area contributed by atoms with E-state index in [0.717, 1.165) is 0 Å². The molecule has 1 aromatic rings. The van der Waals surface area contributed by atoms with Crippen LogP contribution in [-0.4, -0.2) is 56.5 Å². The summed E-state index contributed by atoms with van der Waals surface area (Å²) in [7, 11) is 0. The van der Waals surface area contributed by atoms with Crippen LogP contribution in [0.4, 0.5) is 0 Å². The number of benzene rings is 1. The van der Waals surface area contributed by atoms with Crippen LogP contribution in [0.25, 0.3) is 0 Å². The number of nitriles is 1. The number of aliphatic hydroxyl groups excluding tert-OH is 1. The van der Waals surface area contributed by atoms with E-state index in [1.807, 2.05) is 19.9 Å². The number of thioether (sulfide) groups is 1. The van der Waals surface area contributed by atoms with Gasteiger partial charge in [0.25, 0.3) is 0 Å². The Bertz CT molecular complexity index is 874. The van der Waals surface area contributed by atoms with Crippen molar-refractivity contribution in [1.29, 1.82) is 5.26 Å². The minimum atomic E-state index is -1.52. The highest BCUT2D eigenvalue weighted by Gasteiger charge is 2.66. The number of rotatable bonds is 6. The Morgan fingerprint density at radius 1 is 1.43 bits per heavy atom. The van der Waals surface area contributed by atoms with Gasteiger partial charge >= 0.3 is 5.97 Å². The molecule has 0 aromatic heterocycles. The van der Waals surface area contributed by atoms with Gasteiger partial charge in [-0.2, -0.15) is 5.26 Å². The fraction of sp³-hybridized carbons (Fsp3) is 0.400. The molecule has 0 bridgehead atoms. The molecule has 8 heteroatoms. The van der Waals surface area contributed by atoms with Crippen molar-refractivity contribution in [3.8, 4) is 6.07 Å². The van der Waals surface area contributed by atoms with Gasteiger partial charge in [0.05, 0.1) is 17.0 Å². The third-order valence-electron chi connectivity index (χ3n) is 4.96. The number of nitrogens with zero attached hydrogens (tertiary/aromatic N) is 2. The van der Waals surface area contributed by atoms with Crippen LogP contribution < -0.4 is 0 Å². The number of carbonyl (C=O) groups excluding carboxylic acids is 3. The second kappa shape index (κ2) is 7.41. The number of carbonyl (C=O) groups is 3. The molecular weight excluding hydrogens is 380 g/mol. The Balaban J connectivity index is 1.78. The topological polar surface area (TPSA) is 108 Å². The summed E-state index contributed by atoms with van der Waals surface area (Å²) in [6, 6.07) is 7.03. The number of β-lactam (4-membered cyclic amide) rings is 1. The first-order valence-corrected chi connectivity index (χ1v) is 9.61. The van der Waals surface area contributed by atoms with Gasteiger partial charge in [0.1, 0.15) is 24.7 Å². The van der Waals surface area contributed by atoms with Crippen LogP contribution in [0, 0.1) is 17.2 Å². The van der Waals surface area contributed by atoms with E-state index in [1.165, 1.54) is 47.0 Å². The van der Waals surface area contributed by atoms with Gasteiger partial charge in [0.2, 0.25) is 5.91 Å². The van der Waals surface area contributed by atoms with Crippen molar-refractivity contribution < 1.29 is 24.2 Å². The molecule has 2 heterocycles. The van der Waals surface area contributed by atoms with Gasteiger partial charge in [0, 0.05) is 10.3 Å². The summed E-state index contributed by atoms with van der Waals surface area (Å²) in [4.78, 5) is 39.2. The van der Waals surface area contributed by atoms with E-state index in [2.05, 4.69) is 6.58 Å². The highest BCUT2D eigenvalue weighted by molar-refractivity contribution is 8.01. The first-order chi connectivity index (χ1) is 13.2. The monoisotopic (exact) mass is 400 g/mol. The zero-order chi connectivity index (χ0) is 20.6. The van der Waals surface area contributed by atoms with Crippen LogP contribution in [-0.2, 0) is 14.3 Å². The molecule has 0 spiro atoms. The number of ketones is 1. The highest BCUT2D eigenvalue weighted by atomic mass is 32.2. The van der Waals surface area contributed by atoms with Gasteiger partial charge in [0.15, 0.2) is 5.78 Å². The maximum atomic E-state index is 12.7. The molecule has 3 rings (SSSR count). The third-order valence-corrected chi connectivity index (χ3v) is 6.55. The van der Waals surface area contributed by atoms with E-state index in [0.29, 0.717) is 5.56 Å². The van der Waals surface area contributed by atoms with Gasteiger partial charge < -0.3 is 14.7 Å². The number of fused-ring (bicyclic) bond motifs is 1. The fourth-order valence-corrected chi connectivity index (χ4v) is 5.29. The summed E-state index contributed by atoms with van der Waals surface area (Å²) in [5.41, 5.74) is 0.618. The summed E-state index contributed by atoms with van der Waals surface area (Å²) in [6.45, 7) is 7.21. The lowest BCUT2D eigenvalue weighted by Gasteiger charge is -2.45. The molecule has 2 saturated heterocycles. The molecule has 0 saturated carbocycles. The molecule has 0 unspecified atom stereocenters. The van der Waals surface area contributed by atoms with E-state index >= 15 is 0 Å². The molecule has 1 aromatic carbocycles. The second-order valence-electron chi connectivity index (χ2n) is 7.20. The molecule has 1 amide bonds. The molecule has 7 nitrogen and oxygen atoms in total. The van der Waals surface area contributed by atoms with E-state index in [9.17, 15) is 19.5 Å². The smallest absolute Gasteiger partial charge is 0.330 e. The van der Waals surface area contributed by atoms with Crippen molar-refractivity contribution in [3.05, 3.63) is 48.0 Å². The SMILES string of the molecule is C=CCOC(=O)[C@@H]1N2C(=O)[C@@H]([C@H](O)C(=O)c3ccc(C#N)cc3)[C@H]2SC1(C)C. The van der Waals surface area contributed by atoms with Crippen molar-refractivity contribution in [1.82, 2.24) is 4.90 Å². The van der Waals surface area contributed by atoms with Gasteiger partial charge in [-0.25, -0.2) is 4.79 Å². The second-order valence-corrected chi connectivity index (χ2v) is 8.97. The van der Waals surface area contributed by atoms with Crippen LogP contribution in [0.2, 0.25) is 0 Å². The lowest BCUT2D eigenvalue weighted by Crippen LogP contribution is -2.66. The highest BCUT2D eigenvalue weighted by Crippen LogP contribution is 2.54. The minimum absolute atomic E-state index is 0.0476. The number of amides is 1. The maximum Gasteiger partial charge on any atom is 0.330 e. The molecular formula is C20H20N2O5S. The van der Waals surface area contributed by atoms with E-state index in [-0.39, 0.29) is 12.2 Å². The predicted molar refractivity (Wildman–Crippen MR) is 102 cm³/mol. The van der Waals surface area contributed by atoms with Crippen LogP contribution in [0.5, 0.6) is 0 Å². The largest absolute Gasteiger partial charge is 0.460 e. The lowest BCUT2D eigenvalue weighted by atomic mass is 9.85. The number of ether oxygens (including phenoxy) is 1. The maximum absolute atomic E-state index is 12.7. The average molecular weight is 400 g/mol. The molecule has 2 aliphatic rings. The molecule has 4 atom stereocenters. The normalized spacial score (nSPS) is 25.9. The van der Waals surface area contributed by atoms with Crippen LogP contribution in [0.15, 0.2) is 36.9 Å². The summed E-state index contributed by atoms with van der Waals surface area (Å²) in [6.07, 6.45) is -0.0708. The fourth-order valence-electron chi connectivity index (χ4n) is 3.58. The summed E-state index contributed by atoms with van der Waals surface area (Å²) in [5.74, 6) is -2.49. The van der Waals surface area contributed by atoms with Crippen molar-refractivity contribution in [2.45, 2.75) is 36.1 Å². The number of esters is 1. The first kappa shape index (κ1) is 20.1. The number of aliphatic hydroxyl groups is 1. The van der Waals surface area contributed by atoms with E-state index < -0.39 is 45.8 Å². The Hall–Kier alpha value is -2.63. The molecule has 28 heavy (non-hydrogen) atoms. The van der Waals surface area contributed by atoms with E-state index in [1.54, 1.807) is 0 Å². The van der Waals surface area contributed by atoms with Crippen LogP contribution >= 0.6 is 11.8 Å². The third kappa shape index (κ3) is 3.21. The molecule has 2 aliphatic heterocycles. The molecule has 0 aliphatic carbocycles. The molecule has 146 valence electrons. The Labute approximate surface area is 167 Å². The summed E-state index contributed by atoms with van der Waals surface area (Å²) >= 11 is 1.37. The number of Topliss-reactive ketones (excluding diaryl/α,β-unsaturated/α-hetero) is 1. The van der Waals surface area contributed by atoms with Gasteiger partial charge in [-0.1, -0.05) is 12.7 Å². The van der Waals surface area contributed by atoms with Crippen molar-refractivity contribution >= 4 is 29.4 Å². The zero-order valence-corrected chi connectivity index (χ0v) is 16.3. The average Bonchev–Trinajstić information content (AvgIpc) is 2.92. The Morgan fingerprint density at radius 3 is 2.64 bits per heavy atom. The molecule has 0 radical (unpaired) electrons. The van der Waals surface area contributed by atoms with Gasteiger partial charge in [-0.15, -0.1) is 11.8 Å². The Kier molecular flexibility index (Phi) is 5.33. The predicted octanol–water partition coefficient (Wildman–Crippen LogP) is 1.51. The quantitative estimate of drug-likeness (QED) is 0.334. The van der Waals surface area contributed by atoms with Crippen LogP contribution in [0.3, 0.4) is 0 Å². The van der Waals surface area contributed by atoms with Crippen molar-refractivity contribution in [2.24, 2.45) is 5.92 Å². The first-order valence-electron chi connectivity index (χ1n) is 8.73. The Morgan fingerprint density at radius 2 is 2.07 bits per heavy atom. The zero-order valence-electron chi connectivity index (χ0n) is 15.5. The van der Waals surface area contributed by atoms with E-state index in [4.69, 9.17) is 10.00 Å². The van der Waals surface area contributed by atoms with Crippen molar-refractivity contribution in [2.75, 3.05) is 6.61 Å². The molecule has 1 N–H and O–H groups in total.